The van der Waals surface area contributed by atoms with Crippen LogP contribution in [0.3, 0.4) is 0 Å². The second-order valence-corrected chi connectivity index (χ2v) is 28.1. The maximum absolute atomic E-state index is 14.2. The number of nitrogens with zero attached hydrogens (tertiary/aromatic N) is 3. The number of carbonyl (C=O) groups is 6. The molecule has 4 aliphatic rings. The third kappa shape index (κ3) is 13.8. The van der Waals surface area contributed by atoms with Crippen molar-refractivity contribution in [3.05, 3.63) is 136 Å². The first-order chi connectivity index (χ1) is 39.5. The van der Waals surface area contributed by atoms with E-state index in [4.69, 9.17) is 14.2 Å². The number of ether oxygens (including phenoxy) is 3. The number of amides is 4. The molecule has 83 heavy (non-hydrogen) atoms. The zero-order chi connectivity index (χ0) is 59.5. The molecule has 0 aliphatic carbocycles. The van der Waals surface area contributed by atoms with Gasteiger partial charge in [0.15, 0.2) is 32.9 Å². The molecule has 5 aromatic carbocycles. The first-order valence-corrected chi connectivity index (χ1v) is 32.5. The summed E-state index contributed by atoms with van der Waals surface area (Å²) in [5.41, 5.74) is 9.28. The van der Waals surface area contributed by atoms with Crippen LogP contribution in [0.25, 0.3) is 0 Å². The Labute approximate surface area is 494 Å². The quantitative estimate of drug-likeness (QED) is 0.0256. The van der Waals surface area contributed by atoms with Crippen molar-refractivity contribution in [2.75, 3.05) is 41.3 Å². The Bertz CT molecular complexity index is 3530. The van der Waals surface area contributed by atoms with Crippen LogP contribution in [0.4, 0.5) is 22.7 Å². The predicted octanol–water partition coefficient (Wildman–Crippen LogP) is 10.2. The van der Waals surface area contributed by atoms with Gasteiger partial charge >= 0.3 is 0 Å². The smallest absolute Gasteiger partial charge is 0.258 e. The molecule has 1 unspecified atom stereocenters. The number of sulfone groups is 1. The van der Waals surface area contributed by atoms with Crippen LogP contribution in [0.1, 0.15) is 127 Å². The van der Waals surface area contributed by atoms with Gasteiger partial charge in [-0.25, -0.2) is 8.42 Å². The minimum atomic E-state index is -3.51. The summed E-state index contributed by atoms with van der Waals surface area (Å²) in [5, 5.41) is 4.79. The van der Waals surface area contributed by atoms with E-state index in [1.54, 1.807) is 46.1 Å². The summed E-state index contributed by atoms with van der Waals surface area (Å²) < 4.78 is 44.8. The Morgan fingerprint density at radius 1 is 0.819 bits per heavy atom. The van der Waals surface area contributed by atoms with Gasteiger partial charge in [0.1, 0.15) is 31.3 Å². The lowest BCUT2D eigenvalue weighted by atomic mass is 9.99. The van der Waals surface area contributed by atoms with Gasteiger partial charge in [-0.2, -0.15) is 0 Å². The molecule has 438 valence electrons. The molecule has 4 aliphatic heterocycles. The summed E-state index contributed by atoms with van der Waals surface area (Å²) in [7, 11) is 2.90. The highest BCUT2D eigenvalue weighted by atomic mass is 33.1. The Balaban J connectivity index is 0.876. The minimum absolute atomic E-state index is 0.0468. The molecule has 0 fully saturated rings. The van der Waals surface area contributed by atoms with E-state index in [9.17, 15) is 37.2 Å². The van der Waals surface area contributed by atoms with Gasteiger partial charge in [-0.1, -0.05) is 77.9 Å². The Morgan fingerprint density at radius 2 is 1.47 bits per heavy atom. The van der Waals surface area contributed by atoms with Crippen molar-refractivity contribution >= 4 is 95.6 Å². The molecule has 0 spiro atoms. The van der Waals surface area contributed by atoms with Gasteiger partial charge in [0.05, 0.1) is 18.8 Å². The molecule has 0 radical (unpaired) electrons. The number of benzene rings is 5. The number of hydrogen-bond acceptors (Lipinski definition) is 13. The maximum atomic E-state index is 14.2. The highest BCUT2D eigenvalue weighted by molar-refractivity contribution is 8.77. The highest BCUT2D eigenvalue weighted by Crippen LogP contribution is 2.43. The van der Waals surface area contributed by atoms with E-state index in [2.05, 4.69) is 22.9 Å². The zero-order valence-electron chi connectivity index (χ0n) is 48.6. The van der Waals surface area contributed by atoms with Crippen molar-refractivity contribution in [2.45, 2.75) is 141 Å². The van der Waals surface area contributed by atoms with Crippen LogP contribution >= 0.6 is 21.6 Å². The molecule has 0 saturated carbocycles. The van der Waals surface area contributed by atoms with E-state index in [-0.39, 0.29) is 85.0 Å². The van der Waals surface area contributed by atoms with E-state index in [0.717, 1.165) is 52.7 Å². The van der Waals surface area contributed by atoms with Gasteiger partial charge in [-0.15, -0.1) is 0 Å². The molecule has 2 N–H and O–H groups in total. The van der Waals surface area contributed by atoms with E-state index >= 15 is 0 Å². The monoisotopic (exact) mass is 1180 g/mol. The van der Waals surface area contributed by atoms with Crippen molar-refractivity contribution in [3.8, 4) is 17.2 Å². The van der Waals surface area contributed by atoms with Crippen molar-refractivity contribution in [3.63, 3.8) is 0 Å². The molecule has 9 rings (SSSR count). The average Bonchev–Trinajstić information content (AvgIpc) is 2.83. The van der Waals surface area contributed by atoms with Gasteiger partial charge in [-0.3, -0.25) is 28.8 Å². The van der Waals surface area contributed by atoms with Crippen LogP contribution < -0.4 is 34.6 Å². The Kier molecular flexibility index (Phi) is 18.6. The summed E-state index contributed by atoms with van der Waals surface area (Å²) in [6, 6.07) is 27.8. The zero-order valence-corrected chi connectivity index (χ0v) is 51.0. The number of anilines is 3. The molecule has 0 aromatic heterocycles. The summed E-state index contributed by atoms with van der Waals surface area (Å²) in [6.45, 7) is 10.9. The number of aryl methyl sites for hydroxylation is 2. The number of fused-ring (bicyclic) bond motifs is 8. The van der Waals surface area contributed by atoms with Crippen LogP contribution in [-0.4, -0.2) is 109 Å². The van der Waals surface area contributed by atoms with Crippen molar-refractivity contribution in [1.82, 2.24) is 5.32 Å². The van der Waals surface area contributed by atoms with E-state index in [0.29, 0.717) is 75.9 Å². The van der Waals surface area contributed by atoms with Crippen LogP contribution in [-0.2, 0) is 61.5 Å². The molecule has 19 heteroatoms. The van der Waals surface area contributed by atoms with Crippen LogP contribution in [0, 0.1) is 12.8 Å². The lowest BCUT2D eigenvalue weighted by molar-refractivity contribution is -0.401. The van der Waals surface area contributed by atoms with E-state index < -0.39 is 33.0 Å². The number of methoxy groups -OCH3 is 1. The minimum Gasteiger partial charge on any atom is -0.493 e. The van der Waals surface area contributed by atoms with Crippen molar-refractivity contribution < 1.29 is 56.0 Å². The second kappa shape index (κ2) is 25.5. The van der Waals surface area contributed by atoms with Gasteiger partial charge in [-0.05, 0) is 148 Å². The molecule has 4 amide bonds. The number of rotatable bonds is 24. The summed E-state index contributed by atoms with van der Waals surface area (Å²) >= 11 is 0. The number of Topliss-reactive ketones (excluding diaryl/α,β-unsaturated/α-hetero) is 2. The first kappa shape index (κ1) is 60.6. The van der Waals surface area contributed by atoms with Crippen LogP contribution in [0.15, 0.2) is 91.0 Å². The fraction of sp³-hybridized carbons (Fsp3) is 0.422. The maximum Gasteiger partial charge on any atom is 0.258 e. The Morgan fingerprint density at radius 3 is 2.14 bits per heavy atom. The van der Waals surface area contributed by atoms with E-state index in [1.807, 2.05) is 109 Å². The number of ketones is 2. The molecular weight excluding hydrogens is 1110 g/mol. The number of carbonyl (C=O) groups excluding carboxylic acids is 6. The summed E-state index contributed by atoms with van der Waals surface area (Å²) in [5.74, 6) is -0.418. The summed E-state index contributed by atoms with van der Waals surface area (Å²) in [6.07, 6.45) is 8.35. The lowest BCUT2D eigenvalue weighted by Gasteiger charge is -2.24. The topological polar surface area (TPSA) is 198 Å². The van der Waals surface area contributed by atoms with Gasteiger partial charge in [0.2, 0.25) is 17.7 Å². The van der Waals surface area contributed by atoms with Crippen molar-refractivity contribution in [2.24, 2.45) is 5.92 Å². The molecule has 4 heterocycles. The van der Waals surface area contributed by atoms with Gasteiger partial charge < -0.3 is 39.2 Å². The second-order valence-electron chi connectivity index (χ2n) is 22.8. The fourth-order valence-corrected chi connectivity index (χ4v) is 15.4. The van der Waals surface area contributed by atoms with Gasteiger partial charge in [0.25, 0.3) is 5.91 Å². The standard InChI is InChI=1S/C64H73N5O11S3/c1-10-54(70)59(83(9,76)77)22-24-81-82-64(5,6)23-21-60(72)65-40(4)55(71)26-39(3)61(73)66-46-28-41(36-79-56-34-53-50(25-38(56)2)63(75)69-48(35-67(53)7)31-45-16-12-14-18-52(45)69)27-42(29-46)37-80-58-32-43-19-20-47-30-44-15-11-13-17-51(44)68(47)62(74)49(43)33-57(58)78-8/h11-18,25,27-29,32-34,39-40,47-48,59H,10,19-24,26,30-31,36-37H2,1-9H3,(H,65,72)(H,66,73)/t39-,40+,47-,48+,59?/m1/s1. The average molecular weight is 1180 g/mol. The third-order valence-electron chi connectivity index (χ3n) is 15.9. The summed E-state index contributed by atoms with van der Waals surface area (Å²) in [4.78, 5) is 85.1. The molecule has 0 bridgehead atoms. The SMILES string of the molecule is CCC(=O)C(CCSSC(C)(C)CCC(=O)N[C@@H](C)C(=O)C[C@@H](C)C(=O)Nc1cc(COc2cc3c(cc2C)C(=O)N2c4ccccc4C[C@H]2[C-]=[N+]3C)cc(COc2cc3c(cc2OC)C(=O)N2c4ccccc4C[C@H]2CC3)c1)S(C)(=O)=O. The van der Waals surface area contributed by atoms with Crippen molar-refractivity contribution in [1.29, 1.82) is 0 Å². The highest BCUT2D eigenvalue weighted by Gasteiger charge is 2.39. The molecule has 5 aromatic rings. The first-order valence-electron chi connectivity index (χ1n) is 28.2. The lowest BCUT2D eigenvalue weighted by Crippen LogP contribution is -2.40. The predicted molar refractivity (Wildman–Crippen MR) is 327 cm³/mol. The van der Waals surface area contributed by atoms with Gasteiger partial charge in [0, 0.05) is 88.4 Å². The molecule has 0 saturated heterocycles. The molecule has 16 nitrogen and oxygen atoms in total. The molecular formula is C64H73N5O11S3. The molecule has 5 atom stereocenters. The number of nitrogens with one attached hydrogen (secondary N) is 2. The van der Waals surface area contributed by atoms with Crippen LogP contribution in [0.5, 0.6) is 17.2 Å². The largest absolute Gasteiger partial charge is 0.493 e. The van der Waals surface area contributed by atoms with Crippen LogP contribution in [0.2, 0.25) is 0 Å². The third-order valence-corrected chi connectivity index (χ3v) is 20.8. The van der Waals surface area contributed by atoms with E-state index in [1.165, 1.54) is 21.6 Å². The number of para-hydroxylation sites is 2. The fourth-order valence-electron chi connectivity index (χ4n) is 11.4. The number of hydrogen-bond donors (Lipinski definition) is 2. The Hall–Kier alpha value is -6.96. The normalized spacial score (nSPS) is 17.2.